The van der Waals surface area contributed by atoms with Gasteiger partial charge >= 0.3 is 6.09 Å². The van der Waals surface area contributed by atoms with Crippen molar-refractivity contribution in [1.82, 2.24) is 10.3 Å². The summed E-state index contributed by atoms with van der Waals surface area (Å²) in [6.07, 6.45) is 5.18. The number of aromatic nitrogens is 1. The molecule has 1 N–H and O–H groups in total. The van der Waals surface area contributed by atoms with Crippen LogP contribution in [0.2, 0.25) is 0 Å². The molecular formula is C22H29N3O2. The molecule has 1 aliphatic heterocycles. The Kier molecular flexibility index (Phi) is 4.70. The van der Waals surface area contributed by atoms with Crippen LogP contribution < -0.4 is 10.2 Å². The molecule has 0 spiro atoms. The molecule has 4 rings (SSSR count). The molecule has 1 aliphatic carbocycles. The third kappa shape index (κ3) is 4.34. The summed E-state index contributed by atoms with van der Waals surface area (Å²) in [5, 5.41) is 4.29. The zero-order chi connectivity index (χ0) is 19.0. The summed E-state index contributed by atoms with van der Waals surface area (Å²) in [6.45, 7) is 7.54. The lowest BCUT2D eigenvalue weighted by atomic mass is 9.89. The van der Waals surface area contributed by atoms with Crippen molar-refractivity contribution in [1.29, 1.82) is 0 Å². The minimum Gasteiger partial charge on any atom is -0.444 e. The third-order valence-corrected chi connectivity index (χ3v) is 5.46. The highest BCUT2D eigenvalue weighted by molar-refractivity contribution is 5.91. The van der Waals surface area contributed by atoms with Crippen molar-refractivity contribution in [2.45, 2.75) is 51.7 Å². The number of anilines is 1. The van der Waals surface area contributed by atoms with Crippen LogP contribution in [-0.2, 0) is 4.74 Å². The summed E-state index contributed by atoms with van der Waals surface area (Å²) < 4.78 is 5.48. The van der Waals surface area contributed by atoms with Gasteiger partial charge in [0.25, 0.3) is 0 Å². The minimum absolute atomic E-state index is 0.103. The van der Waals surface area contributed by atoms with Crippen LogP contribution >= 0.6 is 0 Å². The van der Waals surface area contributed by atoms with Crippen molar-refractivity contribution in [2.75, 3.05) is 18.0 Å². The number of rotatable bonds is 3. The van der Waals surface area contributed by atoms with Crippen molar-refractivity contribution in [3.63, 3.8) is 0 Å². The van der Waals surface area contributed by atoms with Crippen molar-refractivity contribution in [2.24, 2.45) is 11.8 Å². The highest BCUT2D eigenvalue weighted by Gasteiger charge is 2.38. The number of fused-ring (bicyclic) bond motifs is 1. The Balaban J connectivity index is 1.56. The van der Waals surface area contributed by atoms with Crippen molar-refractivity contribution in [3.05, 3.63) is 36.5 Å². The van der Waals surface area contributed by atoms with Crippen LogP contribution in [0.1, 0.15) is 40.0 Å². The smallest absolute Gasteiger partial charge is 0.407 e. The van der Waals surface area contributed by atoms with E-state index in [2.05, 4.69) is 39.5 Å². The summed E-state index contributed by atoms with van der Waals surface area (Å²) in [5.74, 6) is 1.41. The molecular weight excluding hydrogens is 338 g/mol. The Labute approximate surface area is 161 Å². The lowest BCUT2D eigenvalue weighted by molar-refractivity contribution is 0.0492. The van der Waals surface area contributed by atoms with E-state index < -0.39 is 5.60 Å². The van der Waals surface area contributed by atoms with E-state index in [-0.39, 0.29) is 12.1 Å². The van der Waals surface area contributed by atoms with Crippen molar-refractivity contribution >= 4 is 22.7 Å². The van der Waals surface area contributed by atoms with E-state index in [1.54, 1.807) is 0 Å². The van der Waals surface area contributed by atoms with Crippen LogP contribution in [0.4, 0.5) is 10.5 Å². The quantitative estimate of drug-likeness (QED) is 0.875. The van der Waals surface area contributed by atoms with Crippen molar-refractivity contribution < 1.29 is 9.53 Å². The van der Waals surface area contributed by atoms with Gasteiger partial charge in [-0.3, -0.25) is 4.98 Å². The van der Waals surface area contributed by atoms with E-state index in [0.29, 0.717) is 5.92 Å². The largest absolute Gasteiger partial charge is 0.444 e. The maximum Gasteiger partial charge on any atom is 0.407 e. The van der Waals surface area contributed by atoms with Gasteiger partial charge in [-0.05, 0) is 76.1 Å². The lowest BCUT2D eigenvalue weighted by Gasteiger charge is -2.40. The van der Waals surface area contributed by atoms with Crippen molar-refractivity contribution in [3.8, 4) is 0 Å². The molecule has 1 saturated carbocycles. The van der Waals surface area contributed by atoms with Crippen LogP contribution in [-0.4, -0.2) is 35.8 Å². The van der Waals surface area contributed by atoms with Crippen LogP contribution in [0, 0.1) is 11.8 Å². The molecule has 1 saturated heterocycles. The van der Waals surface area contributed by atoms with Gasteiger partial charge in [0.05, 0.1) is 11.6 Å². The zero-order valence-electron chi connectivity index (χ0n) is 16.4. The second-order valence-electron chi connectivity index (χ2n) is 8.93. The number of carbonyl (C=O) groups is 1. The molecule has 5 nitrogen and oxygen atoms in total. The van der Waals surface area contributed by atoms with E-state index in [1.165, 1.54) is 23.9 Å². The molecule has 1 aromatic carbocycles. The number of ether oxygens (including phenoxy) is 1. The van der Waals surface area contributed by atoms with Gasteiger partial charge in [-0.2, -0.15) is 0 Å². The van der Waals surface area contributed by atoms with E-state index in [4.69, 9.17) is 4.74 Å². The maximum absolute atomic E-state index is 12.3. The fourth-order valence-corrected chi connectivity index (χ4v) is 4.19. The molecule has 1 aromatic heterocycles. The molecule has 144 valence electrons. The van der Waals surface area contributed by atoms with E-state index in [9.17, 15) is 4.79 Å². The summed E-state index contributed by atoms with van der Waals surface area (Å²) in [6, 6.07) is 10.5. The van der Waals surface area contributed by atoms with Gasteiger partial charge in [0.1, 0.15) is 5.60 Å². The van der Waals surface area contributed by atoms with Crippen LogP contribution in [0.5, 0.6) is 0 Å². The molecule has 2 atom stereocenters. The van der Waals surface area contributed by atoms with Gasteiger partial charge in [0, 0.05) is 30.4 Å². The number of alkyl carbamates (subject to hydrolysis) is 1. The lowest BCUT2D eigenvalue weighted by Crippen LogP contribution is -2.52. The van der Waals surface area contributed by atoms with Gasteiger partial charge in [0.15, 0.2) is 0 Å². The maximum atomic E-state index is 12.3. The standard InChI is InChI=1S/C22H29N3O2/c1-22(2,3)27-21(26)24-17-12-16(15-9-10-15)13-25(14-17)20-8-4-7-19-18(20)6-5-11-23-19/h4-8,11,15-17H,9-10,12-14H2,1-3H3,(H,24,26). The average Bonchev–Trinajstić information content (AvgIpc) is 3.44. The molecule has 2 fully saturated rings. The summed E-state index contributed by atoms with van der Waals surface area (Å²) in [7, 11) is 0. The SMILES string of the molecule is CC(C)(C)OC(=O)NC1CC(C2CC2)CN(c2cccc3ncccc23)C1. The first-order valence-electron chi connectivity index (χ1n) is 9.97. The predicted molar refractivity (Wildman–Crippen MR) is 108 cm³/mol. The zero-order valence-corrected chi connectivity index (χ0v) is 16.4. The first-order valence-corrected chi connectivity index (χ1v) is 9.97. The highest BCUT2D eigenvalue weighted by Crippen LogP contribution is 2.42. The molecule has 1 amide bonds. The molecule has 5 heteroatoms. The fraction of sp³-hybridized carbons (Fsp3) is 0.545. The molecule has 0 radical (unpaired) electrons. The number of carbonyl (C=O) groups excluding carboxylic acids is 1. The van der Waals surface area contributed by atoms with Gasteiger partial charge in [0.2, 0.25) is 0 Å². The third-order valence-electron chi connectivity index (χ3n) is 5.46. The minimum atomic E-state index is -0.477. The second-order valence-corrected chi connectivity index (χ2v) is 8.93. The predicted octanol–water partition coefficient (Wildman–Crippen LogP) is 4.36. The first-order chi connectivity index (χ1) is 12.9. The summed E-state index contributed by atoms with van der Waals surface area (Å²) >= 11 is 0. The van der Waals surface area contributed by atoms with E-state index >= 15 is 0 Å². The average molecular weight is 367 g/mol. The summed E-state index contributed by atoms with van der Waals surface area (Å²) in [5.41, 5.74) is 1.75. The number of hydrogen-bond donors (Lipinski definition) is 1. The van der Waals surface area contributed by atoms with Gasteiger partial charge in [-0.1, -0.05) is 6.07 Å². The molecule has 2 unspecified atom stereocenters. The van der Waals surface area contributed by atoms with E-state index in [0.717, 1.165) is 30.9 Å². The van der Waals surface area contributed by atoms with Crippen LogP contribution in [0.3, 0.4) is 0 Å². The van der Waals surface area contributed by atoms with Gasteiger partial charge in [-0.25, -0.2) is 4.79 Å². The number of hydrogen-bond acceptors (Lipinski definition) is 4. The topological polar surface area (TPSA) is 54.5 Å². The number of amides is 1. The Bertz CT molecular complexity index is 820. The summed E-state index contributed by atoms with van der Waals surface area (Å²) in [4.78, 5) is 19.2. The van der Waals surface area contributed by atoms with Crippen LogP contribution in [0.15, 0.2) is 36.5 Å². The normalized spacial score (nSPS) is 23.3. The monoisotopic (exact) mass is 367 g/mol. The highest BCUT2D eigenvalue weighted by atomic mass is 16.6. The Morgan fingerprint density at radius 3 is 2.70 bits per heavy atom. The number of nitrogens with zero attached hydrogens (tertiary/aromatic N) is 2. The Morgan fingerprint density at radius 2 is 1.96 bits per heavy atom. The fourth-order valence-electron chi connectivity index (χ4n) is 4.19. The molecule has 27 heavy (non-hydrogen) atoms. The number of pyridine rings is 1. The first kappa shape index (κ1) is 18.1. The van der Waals surface area contributed by atoms with Crippen LogP contribution in [0.25, 0.3) is 10.9 Å². The second kappa shape index (κ2) is 7.02. The Morgan fingerprint density at radius 1 is 1.15 bits per heavy atom. The van der Waals surface area contributed by atoms with Gasteiger partial charge < -0.3 is 15.0 Å². The molecule has 0 bridgehead atoms. The molecule has 2 aromatic rings. The molecule has 2 heterocycles. The number of benzene rings is 1. The Hall–Kier alpha value is -2.30. The van der Waals surface area contributed by atoms with E-state index in [1.807, 2.05) is 33.0 Å². The molecule has 2 aliphatic rings. The van der Waals surface area contributed by atoms with Gasteiger partial charge in [-0.15, -0.1) is 0 Å². The number of piperidine rings is 1. The number of nitrogens with one attached hydrogen (secondary N) is 1.